The van der Waals surface area contributed by atoms with E-state index in [0.717, 1.165) is 28.2 Å². The Morgan fingerprint density at radius 1 is 1.14 bits per heavy atom. The van der Waals surface area contributed by atoms with E-state index in [1.54, 1.807) is 0 Å². The lowest BCUT2D eigenvalue weighted by atomic mass is 10.1. The molecule has 0 spiro atoms. The van der Waals surface area contributed by atoms with Crippen LogP contribution in [0.25, 0.3) is 11.0 Å². The van der Waals surface area contributed by atoms with Crippen molar-refractivity contribution >= 4 is 11.0 Å². The molecule has 2 aromatic heterocycles. The Bertz CT molecular complexity index is 470. The number of nitrogens with one attached hydrogen (secondary N) is 1. The average molecular weight is 190 g/mol. The van der Waals surface area contributed by atoms with Crippen molar-refractivity contribution in [2.24, 2.45) is 0 Å². The van der Waals surface area contributed by atoms with E-state index >= 15 is 0 Å². The van der Waals surface area contributed by atoms with Gasteiger partial charge in [-0.15, -0.1) is 0 Å². The molecule has 0 saturated heterocycles. The summed E-state index contributed by atoms with van der Waals surface area (Å²) in [5.74, 6) is 1.18. The Morgan fingerprint density at radius 3 is 2.50 bits per heavy atom. The number of aromatic nitrogens is 4. The Hall–Kier alpha value is -1.45. The van der Waals surface area contributed by atoms with Crippen molar-refractivity contribution in [3.63, 3.8) is 0 Å². The zero-order valence-electron chi connectivity index (χ0n) is 8.92. The third-order valence-corrected chi connectivity index (χ3v) is 2.28. The van der Waals surface area contributed by atoms with Crippen LogP contribution in [-0.4, -0.2) is 20.2 Å². The second-order valence-electron chi connectivity index (χ2n) is 3.86. The summed E-state index contributed by atoms with van der Waals surface area (Å²) in [6.45, 7) is 8.16. The topological polar surface area (TPSA) is 54.5 Å². The van der Waals surface area contributed by atoms with Gasteiger partial charge in [0.1, 0.15) is 5.82 Å². The third kappa shape index (κ3) is 1.27. The van der Waals surface area contributed by atoms with Gasteiger partial charge in [0.05, 0.1) is 11.1 Å². The highest BCUT2D eigenvalue weighted by Gasteiger charge is 2.13. The van der Waals surface area contributed by atoms with Gasteiger partial charge in [0.25, 0.3) is 0 Å². The molecule has 0 aliphatic heterocycles. The maximum Gasteiger partial charge on any atom is 0.184 e. The summed E-state index contributed by atoms with van der Waals surface area (Å²) >= 11 is 0. The number of hydrogen-bond acceptors (Lipinski definition) is 3. The Labute approximate surface area is 82.8 Å². The quantitative estimate of drug-likeness (QED) is 0.749. The molecule has 0 atom stereocenters. The van der Waals surface area contributed by atoms with E-state index in [1.807, 2.05) is 13.8 Å². The second-order valence-corrected chi connectivity index (χ2v) is 3.86. The molecular formula is C10H14N4. The van der Waals surface area contributed by atoms with Crippen molar-refractivity contribution in [1.82, 2.24) is 20.2 Å². The molecule has 4 heteroatoms. The van der Waals surface area contributed by atoms with Crippen molar-refractivity contribution < 1.29 is 0 Å². The van der Waals surface area contributed by atoms with Crippen molar-refractivity contribution in [2.75, 3.05) is 0 Å². The van der Waals surface area contributed by atoms with Crippen LogP contribution in [0.3, 0.4) is 0 Å². The number of aryl methyl sites for hydroxylation is 2. The minimum absolute atomic E-state index is 0.399. The van der Waals surface area contributed by atoms with E-state index in [2.05, 4.69) is 34.0 Å². The van der Waals surface area contributed by atoms with Gasteiger partial charge in [-0.05, 0) is 19.8 Å². The standard InChI is InChI=1S/C10H14N4/c1-5(2)9-8-6(3)13-14-10(8)12-7(4)11-9/h5H,1-4H3,(H,11,12,13,14). The molecule has 0 radical (unpaired) electrons. The smallest absolute Gasteiger partial charge is 0.184 e. The van der Waals surface area contributed by atoms with Gasteiger partial charge in [0, 0.05) is 5.69 Å². The number of hydrogen-bond donors (Lipinski definition) is 1. The minimum atomic E-state index is 0.399. The highest BCUT2D eigenvalue weighted by atomic mass is 15.2. The molecule has 14 heavy (non-hydrogen) atoms. The molecule has 74 valence electrons. The zero-order chi connectivity index (χ0) is 10.3. The van der Waals surface area contributed by atoms with Crippen LogP contribution in [0, 0.1) is 13.8 Å². The average Bonchev–Trinajstić information content (AvgIpc) is 2.46. The van der Waals surface area contributed by atoms with E-state index in [0.29, 0.717) is 5.92 Å². The molecule has 0 aliphatic carbocycles. The number of H-pyrrole nitrogens is 1. The molecule has 0 saturated carbocycles. The molecule has 0 unspecified atom stereocenters. The summed E-state index contributed by atoms with van der Waals surface area (Å²) in [4.78, 5) is 8.75. The molecule has 0 amide bonds. The third-order valence-electron chi connectivity index (χ3n) is 2.28. The molecule has 2 heterocycles. The van der Waals surface area contributed by atoms with Crippen LogP contribution >= 0.6 is 0 Å². The van der Waals surface area contributed by atoms with Gasteiger partial charge >= 0.3 is 0 Å². The number of nitrogens with zero attached hydrogens (tertiary/aromatic N) is 3. The second kappa shape index (κ2) is 3.04. The first-order valence-electron chi connectivity index (χ1n) is 4.79. The van der Waals surface area contributed by atoms with E-state index < -0.39 is 0 Å². The summed E-state index contributed by atoms with van der Waals surface area (Å²) in [6.07, 6.45) is 0. The minimum Gasteiger partial charge on any atom is -0.280 e. The van der Waals surface area contributed by atoms with E-state index in [9.17, 15) is 0 Å². The molecular weight excluding hydrogens is 176 g/mol. The van der Waals surface area contributed by atoms with Gasteiger partial charge in [0.2, 0.25) is 0 Å². The van der Waals surface area contributed by atoms with Crippen LogP contribution in [0.5, 0.6) is 0 Å². The predicted molar refractivity (Wildman–Crippen MR) is 55.2 cm³/mol. The normalized spacial score (nSPS) is 11.5. The van der Waals surface area contributed by atoms with Crippen molar-refractivity contribution in [1.29, 1.82) is 0 Å². The molecule has 2 aromatic rings. The lowest BCUT2D eigenvalue weighted by molar-refractivity contribution is 0.817. The number of aromatic amines is 1. The monoisotopic (exact) mass is 190 g/mol. The fourth-order valence-electron chi connectivity index (χ4n) is 1.63. The summed E-state index contributed by atoms with van der Waals surface area (Å²) in [5.41, 5.74) is 2.90. The van der Waals surface area contributed by atoms with Gasteiger partial charge in [-0.2, -0.15) is 5.10 Å². The van der Waals surface area contributed by atoms with Crippen molar-refractivity contribution in [3.8, 4) is 0 Å². The molecule has 2 rings (SSSR count). The van der Waals surface area contributed by atoms with Crippen LogP contribution in [0.1, 0.15) is 37.0 Å². The first kappa shape index (κ1) is 9.12. The number of rotatable bonds is 1. The SMILES string of the molecule is Cc1nc(C(C)C)c2c(C)[nH]nc2n1. The van der Waals surface area contributed by atoms with Gasteiger partial charge < -0.3 is 0 Å². The molecule has 0 bridgehead atoms. The molecule has 4 nitrogen and oxygen atoms in total. The van der Waals surface area contributed by atoms with Crippen LogP contribution in [0.2, 0.25) is 0 Å². The Morgan fingerprint density at radius 2 is 1.86 bits per heavy atom. The summed E-state index contributed by atoms with van der Waals surface area (Å²) in [7, 11) is 0. The zero-order valence-corrected chi connectivity index (χ0v) is 8.92. The molecule has 0 aromatic carbocycles. The lowest BCUT2D eigenvalue weighted by Crippen LogP contribution is -1.99. The summed E-state index contributed by atoms with van der Waals surface area (Å²) < 4.78 is 0. The lowest BCUT2D eigenvalue weighted by Gasteiger charge is -2.06. The summed E-state index contributed by atoms with van der Waals surface area (Å²) in [5, 5.41) is 8.17. The first-order chi connectivity index (χ1) is 6.59. The van der Waals surface area contributed by atoms with Crippen LogP contribution in [-0.2, 0) is 0 Å². The van der Waals surface area contributed by atoms with E-state index in [4.69, 9.17) is 0 Å². The van der Waals surface area contributed by atoms with Gasteiger partial charge in [-0.3, -0.25) is 5.10 Å². The maximum absolute atomic E-state index is 4.46. The van der Waals surface area contributed by atoms with Crippen LogP contribution in [0.15, 0.2) is 0 Å². The van der Waals surface area contributed by atoms with E-state index in [-0.39, 0.29) is 0 Å². The highest BCUT2D eigenvalue weighted by Crippen LogP contribution is 2.23. The first-order valence-corrected chi connectivity index (χ1v) is 4.79. The molecule has 1 N–H and O–H groups in total. The highest BCUT2D eigenvalue weighted by molar-refractivity contribution is 5.80. The molecule has 0 aliphatic rings. The largest absolute Gasteiger partial charge is 0.280 e. The number of fused-ring (bicyclic) bond motifs is 1. The Kier molecular flexibility index (Phi) is 1.98. The molecule has 0 fully saturated rings. The maximum atomic E-state index is 4.46. The predicted octanol–water partition coefficient (Wildman–Crippen LogP) is 2.09. The Balaban J connectivity index is 2.83. The van der Waals surface area contributed by atoms with Gasteiger partial charge in [-0.25, -0.2) is 9.97 Å². The van der Waals surface area contributed by atoms with Crippen molar-refractivity contribution in [2.45, 2.75) is 33.6 Å². The van der Waals surface area contributed by atoms with Gasteiger partial charge in [-0.1, -0.05) is 13.8 Å². The summed E-state index contributed by atoms with van der Waals surface area (Å²) in [6, 6.07) is 0. The van der Waals surface area contributed by atoms with Crippen LogP contribution < -0.4 is 0 Å². The van der Waals surface area contributed by atoms with E-state index in [1.165, 1.54) is 0 Å². The van der Waals surface area contributed by atoms with Crippen molar-refractivity contribution in [3.05, 3.63) is 17.2 Å². The fourth-order valence-corrected chi connectivity index (χ4v) is 1.63. The fraction of sp³-hybridized carbons (Fsp3) is 0.500. The van der Waals surface area contributed by atoms with Crippen LogP contribution in [0.4, 0.5) is 0 Å². The van der Waals surface area contributed by atoms with Gasteiger partial charge in [0.15, 0.2) is 5.65 Å².